The topological polar surface area (TPSA) is 47.3 Å². The highest BCUT2D eigenvalue weighted by Crippen LogP contribution is 2.41. The van der Waals surface area contributed by atoms with E-state index in [1.54, 1.807) is 7.11 Å². The number of rotatable bonds is 2. The lowest BCUT2D eigenvalue weighted by Crippen LogP contribution is -2.08. The molecule has 0 unspecified atom stereocenters. The fraction of sp³-hybridized carbons (Fsp3) is 0.143. The van der Waals surface area contributed by atoms with Gasteiger partial charge in [-0.25, -0.2) is 0 Å². The van der Waals surface area contributed by atoms with Crippen LogP contribution in [0.5, 0.6) is 5.75 Å². The van der Waals surface area contributed by atoms with Crippen LogP contribution in [0.1, 0.15) is 11.1 Å². The van der Waals surface area contributed by atoms with Gasteiger partial charge < -0.3 is 10.2 Å². The van der Waals surface area contributed by atoms with Crippen LogP contribution in [0.25, 0.3) is 11.1 Å². The molecular formula is C14H14N2O. The van der Waals surface area contributed by atoms with E-state index in [1.165, 1.54) is 22.3 Å². The third-order valence-corrected chi connectivity index (χ3v) is 3.27. The standard InChI is InChI=1S/C14H14N2O/c1-17-14-7-10-6-9-4-2-3-5-11(9)12(10)8-13(14)16-15/h2-5,7-8,16H,6,15H2,1H3. The molecule has 0 radical (unpaired) electrons. The third-order valence-electron chi connectivity index (χ3n) is 3.27. The Hall–Kier alpha value is -2.00. The number of hydrogen-bond acceptors (Lipinski definition) is 3. The largest absolute Gasteiger partial charge is 0.495 e. The van der Waals surface area contributed by atoms with Gasteiger partial charge in [-0.2, -0.15) is 0 Å². The Labute approximate surface area is 100 Å². The van der Waals surface area contributed by atoms with Gasteiger partial charge >= 0.3 is 0 Å². The van der Waals surface area contributed by atoms with Gasteiger partial charge in [0, 0.05) is 0 Å². The quantitative estimate of drug-likeness (QED) is 0.521. The first kappa shape index (κ1) is 10.2. The highest BCUT2D eigenvalue weighted by molar-refractivity contribution is 5.81. The highest BCUT2D eigenvalue weighted by atomic mass is 16.5. The zero-order chi connectivity index (χ0) is 11.8. The van der Waals surface area contributed by atoms with E-state index in [0.717, 1.165) is 17.9 Å². The van der Waals surface area contributed by atoms with Gasteiger partial charge in [0.1, 0.15) is 5.75 Å². The summed E-state index contributed by atoms with van der Waals surface area (Å²) in [6.45, 7) is 0. The van der Waals surface area contributed by atoms with Gasteiger partial charge in [0.2, 0.25) is 0 Å². The van der Waals surface area contributed by atoms with E-state index in [0.29, 0.717) is 0 Å². The van der Waals surface area contributed by atoms with Gasteiger partial charge in [-0.05, 0) is 40.8 Å². The maximum atomic E-state index is 5.51. The van der Waals surface area contributed by atoms with Gasteiger partial charge in [0.25, 0.3) is 0 Å². The molecule has 0 fully saturated rings. The predicted molar refractivity (Wildman–Crippen MR) is 69.0 cm³/mol. The number of benzene rings is 2. The summed E-state index contributed by atoms with van der Waals surface area (Å²) in [7, 11) is 1.66. The second-order valence-corrected chi connectivity index (χ2v) is 4.19. The molecule has 17 heavy (non-hydrogen) atoms. The van der Waals surface area contributed by atoms with Crippen molar-refractivity contribution in [1.82, 2.24) is 0 Å². The Morgan fingerprint density at radius 3 is 2.71 bits per heavy atom. The van der Waals surface area contributed by atoms with E-state index in [4.69, 9.17) is 10.6 Å². The molecule has 0 heterocycles. The molecule has 0 spiro atoms. The summed E-state index contributed by atoms with van der Waals surface area (Å²) in [4.78, 5) is 0. The Bertz CT molecular complexity index is 578. The molecule has 0 atom stereocenters. The van der Waals surface area contributed by atoms with Gasteiger partial charge in [-0.15, -0.1) is 0 Å². The SMILES string of the molecule is COc1cc2c(cc1NN)-c1ccccc1C2. The van der Waals surface area contributed by atoms with Crippen molar-refractivity contribution in [2.24, 2.45) is 5.84 Å². The van der Waals surface area contributed by atoms with Crippen molar-refractivity contribution < 1.29 is 4.74 Å². The number of methoxy groups -OCH3 is 1. The number of nitrogen functional groups attached to an aromatic ring is 1. The summed E-state index contributed by atoms with van der Waals surface area (Å²) in [6, 6.07) is 12.6. The van der Waals surface area contributed by atoms with Crippen LogP contribution in [0, 0.1) is 0 Å². The van der Waals surface area contributed by atoms with Crippen LogP contribution < -0.4 is 16.0 Å². The van der Waals surface area contributed by atoms with Crippen molar-refractivity contribution in [3.63, 3.8) is 0 Å². The first-order chi connectivity index (χ1) is 8.33. The lowest BCUT2D eigenvalue weighted by atomic mass is 10.0. The number of fused-ring (bicyclic) bond motifs is 3. The fourth-order valence-corrected chi connectivity index (χ4v) is 2.44. The maximum absolute atomic E-state index is 5.51. The number of hydrazine groups is 1. The van der Waals surface area contributed by atoms with Crippen LogP contribution in [0.15, 0.2) is 36.4 Å². The van der Waals surface area contributed by atoms with Gasteiger partial charge in [-0.1, -0.05) is 24.3 Å². The maximum Gasteiger partial charge on any atom is 0.143 e. The summed E-state index contributed by atoms with van der Waals surface area (Å²) in [5.74, 6) is 6.30. The second kappa shape index (κ2) is 3.79. The average molecular weight is 226 g/mol. The fourth-order valence-electron chi connectivity index (χ4n) is 2.44. The number of nitrogens with one attached hydrogen (secondary N) is 1. The van der Waals surface area contributed by atoms with E-state index in [-0.39, 0.29) is 0 Å². The molecule has 0 saturated heterocycles. The summed E-state index contributed by atoms with van der Waals surface area (Å²) in [5.41, 5.74) is 8.70. The number of ether oxygens (including phenoxy) is 1. The van der Waals surface area contributed by atoms with Crippen LogP contribution in [0.4, 0.5) is 5.69 Å². The molecule has 3 N–H and O–H groups in total. The lowest BCUT2D eigenvalue weighted by Gasteiger charge is -2.10. The van der Waals surface area contributed by atoms with Crippen molar-refractivity contribution >= 4 is 5.69 Å². The molecule has 86 valence electrons. The molecule has 3 heteroatoms. The first-order valence-electron chi connectivity index (χ1n) is 5.59. The summed E-state index contributed by atoms with van der Waals surface area (Å²) in [5, 5.41) is 0. The van der Waals surface area contributed by atoms with Crippen LogP contribution >= 0.6 is 0 Å². The molecule has 0 aliphatic heterocycles. The minimum atomic E-state index is 0.791. The van der Waals surface area contributed by atoms with E-state index >= 15 is 0 Å². The number of anilines is 1. The third kappa shape index (κ3) is 1.47. The second-order valence-electron chi connectivity index (χ2n) is 4.19. The first-order valence-corrected chi connectivity index (χ1v) is 5.59. The lowest BCUT2D eigenvalue weighted by molar-refractivity contribution is 0.416. The Morgan fingerprint density at radius 1 is 1.12 bits per heavy atom. The smallest absolute Gasteiger partial charge is 0.143 e. The zero-order valence-electron chi connectivity index (χ0n) is 9.66. The normalized spacial score (nSPS) is 11.9. The molecule has 1 aliphatic carbocycles. The molecule has 0 saturated carbocycles. The monoisotopic (exact) mass is 226 g/mol. The number of nitrogens with two attached hydrogens (primary N) is 1. The van der Waals surface area contributed by atoms with Crippen LogP contribution in [0.3, 0.4) is 0 Å². The molecule has 0 amide bonds. The molecule has 1 aliphatic rings. The van der Waals surface area contributed by atoms with Crippen LogP contribution in [-0.2, 0) is 6.42 Å². The Balaban J connectivity index is 2.20. The predicted octanol–water partition coefficient (Wildman–Crippen LogP) is 2.55. The zero-order valence-corrected chi connectivity index (χ0v) is 9.66. The van der Waals surface area contributed by atoms with E-state index in [1.807, 2.05) is 0 Å². The van der Waals surface area contributed by atoms with Gasteiger partial charge in [0.15, 0.2) is 0 Å². The molecular weight excluding hydrogens is 212 g/mol. The molecule has 2 aromatic carbocycles. The summed E-state index contributed by atoms with van der Waals surface area (Å²) >= 11 is 0. The Kier molecular flexibility index (Phi) is 2.27. The van der Waals surface area contributed by atoms with Crippen molar-refractivity contribution in [1.29, 1.82) is 0 Å². The van der Waals surface area contributed by atoms with Crippen molar-refractivity contribution in [2.45, 2.75) is 6.42 Å². The van der Waals surface area contributed by atoms with Gasteiger partial charge in [-0.3, -0.25) is 5.84 Å². The van der Waals surface area contributed by atoms with E-state index < -0.39 is 0 Å². The van der Waals surface area contributed by atoms with Crippen LogP contribution in [-0.4, -0.2) is 7.11 Å². The molecule has 0 aromatic heterocycles. The average Bonchev–Trinajstić information content (AvgIpc) is 2.74. The minimum absolute atomic E-state index is 0.791. The number of hydrogen-bond donors (Lipinski definition) is 2. The minimum Gasteiger partial charge on any atom is -0.495 e. The van der Waals surface area contributed by atoms with Crippen LogP contribution in [0.2, 0.25) is 0 Å². The molecule has 3 nitrogen and oxygen atoms in total. The van der Waals surface area contributed by atoms with Crippen molar-refractivity contribution in [3.8, 4) is 16.9 Å². The van der Waals surface area contributed by atoms with E-state index in [2.05, 4.69) is 41.8 Å². The highest BCUT2D eigenvalue weighted by Gasteiger charge is 2.20. The summed E-state index contributed by atoms with van der Waals surface area (Å²) in [6.07, 6.45) is 0.965. The molecule has 2 aromatic rings. The van der Waals surface area contributed by atoms with E-state index in [9.17, 15) is 0 Å². The van der Waals surface area contributed by atoms with Crippen molar-refractivity contribution in [2.75, 3.05) is 12.5 Å². The molecule has 0 bridgehead atoms. The Morgan fingerprint density at radius 2 is 1.94 bits per heavy atom. The summed E-state index contributed by atoms with van der Waals surface area (Å²) < 4.78 is 5.32. The van der Waals surface area contributed by atoms with Gasteiger partial charge in [0.05, 0.1) is 12.8 Å². The molecule has 3 rings (SSSR count). The van der Waals surface area contributed by atoms with Crippen molar-refractivity contribution in [3.05, 3.63) is 47.5 Å².